The number of hydrogen-bond acceptors (Lipinski definition) is 3. The summed E-state index contributed by atoms with van der Waals surface area (Å²) in [7, 11) is 1.31. The third-order valence-electron chi connectivity index (χ3n) is 2.65. The maximum atomic E-state index is 12.0. The molecule has 0 unspecified atom stereocenters. The average molecular weight is 290 g/mol. The highest BCUT2D eigenvalue weighted by Gasteiger charge is 2.09. The molecule has 0 fully saturated rings. The van der Waals surface area contributed by atoms with Gasteiger partial charge in [-0.05, 0) is 42.5 Å². The van der Waals surface area contributed by atoms with Gasteiger partial charge in [-0.15, -0.1) is 0 Å². The summed E-state index contributed by atoms with van der Waals surface area (Å²) in [5.74, 6) is -0.726. The molecule has 5 heteroatoms. The van der Waals surface area contributed by atoms with Gasteiger partial charge in [0.25, 0.3) is 5.91 Å². The minimum Gasteiger partial charge on any atom is -0.465 e. The van der Waals surface area contributed by atoms with Crippen LogP contribution in [0.2, 0.25) is 5.02 Å². The molecule has 20 heavy (non-hydrogen) atoms. The lowest BCUT2D eigenvalue weighted by atomic mass is 10.1. The van der Waals surface area contributed by atoms with E-state index in [-0.39, 0.29) is 5.91 Å². The molecule has 2 rings (SSSR count). The van der Waals surface area contributed by atoms with E-state index in [2.05, 4.69) is 10.1 Å². The Morgan fingerprint density at radius 2 is 1.75 bits per heavy atom. The van der Waals surface area contributed by atoms with E-state index in [1.807, 2.05) is 0 Å². The zero-order chi connectivity index (χ0) is 14.5. The molecule has 0 radical (unpaired) electrons. The van der Waals surface area contributed by atoms with Gasteiger partial charge in [0.05, 0.1) is 12.7 Å². The maximum Gasteiger partial charge on any atom is 0.337 e. The highest BCUT2D eigenvalue weighted by Crippen LogP contribution is 2.14. The predicted molar refractivity (Wildman–Crippen MR) is 77.2 cm³/mol. The number of rotatable bonds is 3. The summed E-state index contributed by atoms with van der Waals surface area (Å²) in [5, 5.41) is 3.27. The Balaban J connectivity index is 2.15. The quantitative estimate of drug-likeness (QED) is 0.881. The van der Waals surface area contributed by atoms with Crippen LogP contribution >= 0.6 is 11.6 Å². The fourth-order valence-corrected chi connectivity index (χ4v) is 1.77. The van der Waals surface area contributed by atoms with Crippen molar-refractivity contribution in [3.05, 3.63) is 64.7 Å². The molecule has 0 aliphatic carbocycles. The number of amides is 1. The second-order valence-corrected chi connectivity index (χ2v) is 4.47. The Morgan fingerprint density at radius 1 is 1.05 bits per heavy atom. The van der Waals surface area contributed by atoms with Crippen molar-refractivity contribution in [2.24, 2.45) is 0 Å². The van der Waals surface area contributed by atoms with Crippen LogP contribution in [0.4, 0.5) is 5.69 Å². The van der Waals surface area contributed by atoms with E-state index >= 15 is 0 Å². The molecule has 1 amide bonds. The number of methoxy groups -OCH3 is 1. The largest absolute Gasteiger partial charge is 0.465 e. The molecule has 0 aromatic heterocycles. The number of halogens is 1. The molecule has 0 aliphatic rings. The Kier molecular flexibility index (Phi) is 4.38. The van der Waals surface area contributed by atoms with Crippen molar-refractivity contribution in [2.45, 2.75) is 0 Å². The first-order valence-corrected chi connectivity index (χ1v) is 6.23. The smallest absolute Gasteiger partial charge is 0.337 e. The fraction of sp³-hybridized carbons (Fsp3) is 0.0667. The summed E-state index contributed by atoms with van der Waals surface area (Å²) in [6.07, 6.45) is 0. The first kappa shape index (κ1) is 14.1. The monoisotopic (exact) mass is 289 g/mol. The van der Waals surface area contributed by atoms with Gasteiger partial charge in [0, 0.05) is 16.3 Å². The van der Waals surface area contributed by atoms with Crippen LogP contribution in [0.3, 0.4) is 0 Å². The third-order valence-corrected chi connectivity index (χ3v) is 2.90. The van der Waals surface area contributed by atoms with Crippen molar-refractivity contribution in [3.8, 4) is 0 Å². The van der Waals surface area contributed by atoms with Gasteiger partial charge in [-0.1, -0.05) is 17.7 Å². The van der Waals surface area contributed by atoms with Crippen LogP contribution in [0, 0.1) is 0 Å². The van der Waals surface area contributed by atoms with Gasteiger partial charge in [-0.25, -0.2) is 4.79 Å². The molecule has 102 valence electrons. The lowest BCUT2D eigenvalue weighted by molar-refractivity contribution is 0.0600. The van der Waals surface area contributed by atoms with Crippen molar-refractivity contribution in [1.29, 1.82) is 0 Å². The Morgan fingerprint density at radius 3 is 2.40 bits per heavy atom. The summed E-state index contributed by atoms with van der Waals surface area (Å²) in [4.78, 5) is 23.4. The highest BCUT2D eigenvalue weighted by molar-refractivity contribution is 6.30. The molecule has 0 bridgehead atoms. The number of carbonyl (C=O) groups is 2. The molecule has 2 aromatic rings. The van der Waals surface area contributed by atoms with Crippen LogP contribution in [-0.4, -0.2) is 19.0 Å². The number of ether oxygens (including phenoxy) is 1. The summed E-state index contributed by atoms with van der Waals surface area (Å²) >= 11 is 5.77. The van der Waals surface area contributed by atoms with Crippen LogP contribution in [0.25, 0.3) is 0 Å². The van der Waals surface area contributed by atoms with Crippen molar-refractivity contribution in [3.63, 3.8) is 0 Å². The van der Waals surface area contributed by atoms with Gasteiger partial charge in [0.2, 0.25) is 0 Å². The fourth-order valence-electron chi connectivity index (χ4n) is 1.65. The summed E-state index contributed by atoms with van der Waals surface area (Å²) in [6.45, 7) is 0. The molecule has 0 saturated heterocycles. The molecule has 1 N–H and O–H groups in total. The van der Waals surface area contributed by atoms with Gasteiger partial charge < -0.3 is 10.1 Å². The molecule has 0 aliphatic heterocycles. The molecule has 4 nitrogen and oxygen atoms in total. The van der Waals surface area contributed by atoms with E-state index in [0.29, 0.717) is 21.8 Å². The normalized spacial score (nSPS) is 9.90. The molecular weight excluding hydrogens is 278 g/mol. The summed E-state index contributed by atoms with van der Waals surface area (Å²) in [6, 6.07) is 13.1. The van der Waals surface area contributed by atoms with Gasteiger partial charge in [-0.3, -0.25) is 4.79 Å². The highest BCUT2D eigenvalue weighted by atomic mass is 35.5. The topological polar surface area (TPSA) is 55.4 Å². The van der Waals surface area contributed by atoms with E-state index < -0.39 is 5.97 Å². The van der Waals surface area contributed by atoms with E-state index in [1.165, 1.54) is 7.11 Å². The van der Waals surface area contributed by atoms with Crippen LogP contribution in [0.5, 0.6) is 0 Å². The Hall–Kier alpha value is -2.33. The average Bonchev–Trinajstić information content (AvgIpc) is 2.47. The van der Waals surface area contributed by atoms with Gasteiger partial charge in [0.1, 0.15) is 0 Å². The van der Waals surface area contributed by atoms with Crippen LogP contribution in [0.1, 0.15) is 20.7 Å². The minimum atomic E-state index is -0.451. The zero-order valence-corrected chi connectivity index (χ0v) is 11.5. The number of nitrogens with one attached hydrogen (secondary N) is 1. The molecule has 0 saturated carbocycles. The number of benzene rings is 2. The van der Waals surface area contributed by atoms with Gasteiger partial charge >= 0.3 is 5.97 Å². The second-order valence-electron chi connectivity index (χ2n) is 4.03. The van der Waals surface area contributed by atoms with Crippen molar-refractivity contribution in [2.75, 3.05) is 12.4 Å². The number of anilines is 1. The van der Waals surface area contributed by atoms with Gasteiger partial charge in [-0.2, -0.15) is 0 Å². The standard InChI is InChI=1S/C15H12ClNO3/c1-20-15(19)11-3-2-4-13(9-11)17-14(18)10-5-7-12(16)8-6-10/h2-9H,1H3,(H,17,18). The van der Waals surface area contributed by atoms with Crippen molar-refractivity contribution in [1.82, 2.24) is 0 Å². The minimum absolute atomic E-state index is 0.274. The predicted octanol–water partition coefficient (Wildman–Crippen LogP) is 3.38. The molecule has 0 atom stereocenters. The molecular formula is C15H12ClNO3. The summed E-state index contributed by atoms with van der Waals surface area (Å²) in [5.41, 5.74) is 1.38. The Labute approximate surface area is 121 Å². The summed E-state index contributed by atoms with van der Waals surface area (Å²) < 4.78 is 4.63. The number of carbonyl (C=O) groups excluding carboxylic acids is 2. The zero-order valence-electron chi connectivity index (χ0n) is 10.7. The third kappa shape index (κ3) is 3.36. The molecule has 0 spiro atoms. The van der Waals surface area contributed by atoms with E-state index in [0.717, 1.165) is 0 Å². The van der Waals surface area contributed by atoms with E-state index in [1.54, 1.807) is 48.5 Å². The lowest BCUT2D eigenvalue weighted by Crippen LogP contribution is -2.12. The number of esters is 1. The van der Waals surface area contributed by atoms with E-state index in [9.17, 15) is 9.59 Å². The van der Waals surface area contributed by atoms with Crippen molar-refractivity contribution >= 4 is 29.2 Å². The number of hydrogen-bond donors (Lipinski definition) is 1. The first-order chi connectivity index (χ1) is 9.60. The molecule has 2 aromatic carbocycles. The van der Waals surface area contributed by atoms with Crippen molar-refractivity contribution < 1.29 is 14.3 Å². The first-order valence-electron chi connectivity index (χ1n) is 5.85. The SMILES string of the molecule is COC(=O)c1cccc(NC(=O)c2ccc(Cl)cc2)c1. The Bertz CT molecular complexity index is 638. The van der Waals surface area contributed by atoms with Gasteiger partial charge in [0.15, 0.2) is 0 Å². The molecule has 0 heterocycles. The van der Waals surface area contributed by atoms with E-state index in [4.69, 9.17) is 11.6 Å². The second kappa shape index (κ2) is 6.21. The maximum absolute atomic E-state index is 12.0. The van der Waals surface area contributed by atoms with Crippen LogP contribution in [0.15, 0.2) is 48.5 Å². The lowest BCUT2D eigenvalue weighted by Gasteiger charge is -2.07. The van der Waals surface area contributed by atoms with Crippen LogP contribution < -0.4 is 5.32 Å². The van der Waals surface area contributed by atoms with Crippen LogP contribution in [-0.2, 0) is 4.74 Å².